The van der Waals surface area contributed by atoms with Crippen molar-refractivity contribution < 1.29 is 9.66 Å². The lowest BCUT2D eigenvalue weighted by Crippen LogP contribution is -1.90. The quantitative estimate of drug-likeness (QED) is 0.463. The molecule has 0 radical (unpaired) electrons. The van der Waals surface area contributed by atoms with E-state index in [1.54, 1.807) is 12.1 Å². The largest absolute Gasteiger partial charge is 0.457 e. The average molecular weight is 298 g/mol. The fraction of sp³-hybridized carbons (Fsp3) is 0.0769. The van der Waals surface area contributed by atoms with Crippen molar-refractivity contribution in [1.29, 1.82) is 0 Å². The molecule has 0 aliphatic heterocycles. The number of nitro groups is 1. The van der Waals surface area contributed by atoms with Crippen LogP contribution in [0, 0.1) is 10.1 Å². The van der Waals surface area contributed by atoms with Crippen LogP contribution in [0.5, 0.6) is 11.5 Å². The zero-order chi connectivity index (χ0) is 13.8. The van der Waals surface area contributed by atoms with E-state index in [9.17, 15) is 10.1 Å². The van der Waals surface area contributed by atoms with Gasteiger partial charge >= 0.3 is 0 Å². The van der Waals surface area contributed by atoms with Crippen LogP contribution in [-0.4, -0.2) is 4.92 Å². The lowest BCUT2D eigenvalue weighted by molar-refractivity contribution is -0.384. The molecule has 0 aliphatic rings. The van der Waals surface area contributed by atoms with Gasteiger partial charge in [-0.05, 0) is 23.8 Å². The van der Waals surface area contributed by atoms with Crippen molar-refractivity contribution in [1.82, 2.24) is 0 Å². The summed E-state index contributed by atoms with van der Waals surface area (Å²) in [5.74, 6) is 1.42. The molecule has 2 rings (SSSR count). The molecule has 0 N–H and O–H groups in total. The van der Waals surface area contributed by atoms with E-state index in [0.717, 1.165) is 5.56 Å². The second-order valence-electron chi connectivity index (χ2n) is 3.75. The number of hydrogen-bond donors (Lipinski definition) is 0. The minimum Gasteiger partial charge on any atom is -0.457 e. The van der Waals surface area contributed by atoms with Gasteiger partial charge in [-0.15, -0.1) is 11.6 Å². The third-order valence-corrected chi connectivity index (χ3v) is 3.02. The highest BCUT2D eigenvalue weighted by atomic mass is 35.5. The van der Waals surface area contributed by atoms with Gasteiger partial charge in [0.05, 0.1) is 4.92 Å². The third-order valence-electron chi connectivity index (χ3n) is 2.40. The zero-order valence-corrected chi connectivity index (χ0v) is 11.2. The summed E-state index contributed by atoms with van der Waals surface area (Å²) in [4.78, 5) is 10.1. The van der Waals surface area contributed by atoms with E-state index < -0.39 is 4.92 Å². The zero-order valence-electron chi connectivity index (χ0n) is 9.68. The molecule has 0 aromatic heterocycles. The molecule has 0 spiro atoms. The molecule has 0 aliphatic carbocycles. The molecule has 6 heteroatoms. The monoisotopic (exact) mass is 297 g/mol. The number of halogens is 2. The highest BCUT2D eigenvalue weighted by Gasteiger charge is 2.12. The highest BCUT2D eigenvalue weighted by Crippen LogP contribution is 2.31. The minimum atomic E-state index is -0.541. The van der Waals surface area contributed by atoms with E-state index in [1.165, 1.54) is 18.2 Å². The van der Waals surface area contributed by atoms with E-state index in [0.29, 0.717) is 17.4 Å². The number of nitrogens with zero attached hydrogens (tertiary/aromatic N) is 1. The molecule has 4 nitrogen and oxygen atoms in total. The van der Waals surface area contributed by atoms with Gasteiger partial charge < -0.3 is 4.74 Å². The summed E-state index contributed by atoms with van der Waals surface area (Å²) in [5.41, 5.74) is 0.774. The number of hydrogen-bond acceptors (Lipinski definition) is 3. The summed E-state index contributed by atoms with van der Waals surface area (Å²) in [7, 11) is 0. The Balaban J connectivity index is 2.23. The van der Waals surface area contributed by atoms with Crippen LogP contribution in [0.2, 0.25) is 5.02 Å². The molecule has 0 saturated heterocycles. The molecule has 2 aromatic rings. The molecule has 0 heterocycles. The fourth-order valence-electron chi connectivity index (χ4n) is 1.53. The second-order valence-corrected chi connectivity index (χ2v) is 4.43. The molecule has 0 atom stereocenters. The SMILES string of the molecule is O=[N+]([O-])c1ccc(Oc2cccc(CCl)c2)cc1Cl. The molecule has 2 aromatic carbocycles. The fourth-order valence-corrected chi connectivity index (χ4v) is 1.93. The van der Waals surface area contributed by atoms with Gasteiger partial charge in [0.2, 0.25) is 0 Å². The predicted octanol–water partition coefficient (Wildman–Crippen LogP) is 4.78. The van der Waals surface area contributed by atoms with Gasteiger partial charge in [-0.2, -0.15) is 0 Å². The Morgan fingerprint density at radius 2 is 1.89 bits per heavy atom. The van der Waals surface area contributed by atoms with Gasteiger partial charge in [-0.25, -0.2) is 0 Å². The summed E-state index contributed by atoms with van der Waals surface area (Å²) >= 11 is 11.5. The summed E-state index contributed by atoms with van der Waals surface area (Å²) in [6.45, 7) is 0. The van der Waals surface area contributed by atoms with Gasteiger partial charge in [0.25, 0.3) is 5.69 Å². The first-order valence-corrected chi connectivity index (χ1v) is 6.28. The Labute approximate surface area is 119 Å². The van der Waals surface area contributed by atoms with Gasteiger partial charge in [0.15, 0.2) is 0 Å². The summed E-state index contributed by atoms with van der Waals surface area (Å²) in [6, 6.07) is 11.5. The van der Waals surface area contributed by atoms with Gasteiger partial charge in [0.1, 0.15) is 16.5 Å². The number of rotatable bonds is 4. The van der Waals surface area contributed by atoms with Crippen LogP contribution in [0.15, 0.2) is 42.5 Å². The van der Waals surface area contributed by atoms with Crippen LogP contribution >= 0.6 is 23.2 Å². The summed E-state index contributed by atoms with van der Waals surface area (Å²) in [5, 5.41) is 10.7. The van der Waals surface area contributed by atoms with E-state index in [4.69, 9.17) is 27.9 Å². The predicted molar refractivity (Wildman–Crippen MR) is 74.2 cm³/mol. The molecule has 0 saturated carbocycles. The van der Waals surface area contributed by atoms with Crippen molar-refractivity contribution in [2.24, 2.45) is 0 Å². The summed E-state index contributed by atoms with van der Waals surface area (Å²) < 4.78 is 5.57. The van der Waals surface area contributed by atoms with Crippen molar-refractivity contribution >= 4 is 28.9 Å². The van der Waals surface area contributed by atoms with Crippen molar-refractivity contribution in [2.75, 3.05) is 0 Å². The second kappa shape index (κ2) is 5.91. The normalized spacial score (nSPS) is 10.2. The number of ether oxygens (including phenoxy) is 1. The first-order valence-electron chi connectivity index (χ1n) is 5.37. The average Bonchev–Trinajstić information content (AvgIpc) is 2.38. The maximum Gasteiger partial charge on any atom is 0.288 e. The third kappa shape index (κ3) is 3.36. The minimum absolute atomic E-state index is 0.0380. The van der Waals surface area contributed by atoms with Gasteiger partial charge in [0, 0.05) is 18.0 Å². The topological polar surface area (TPSA) is 52.4 Å². The van der Waals surface area contributed by atoms with E-state index in [-0.39, 0.29) is 10.7 Å². The smallest absolute Gasteiger partial charge is 0.288 e. The van der Waals surface area contributed by atoms with E-state index in [2.05, 4.69) is 0 Å². The van der Waals surface area contributed by atoms with Crippen molar-refractivity contribution in [3.63, 3.8) is 0 Å². The van der Waals surface area contributed by atoms with Crippen molar-refractivity contribution in [2.45, 2.75) is 5.88 Å². The first kappa shape index (κ1) is 13.6. The number of nitro benzene ring substituents is 1. The molecule has 19 heavy (non-hydrogen) atoms. The van der Waals surface area contributed by atoms with Gasteiger partial charge in [-0.1, -0.05) is 23.7 Å². The molecular formula is C13H9Cl2NO3. The number of alkyl halides is 1. The van der Waals surface area contributed by atoms with Crippen LogP contribution in [0.25, 0.3) is 0 Å². The number of benzene rings is 2. The van der Waals surface area contributed by atoms with Crippen LogP contribution in [-0.2, 0) is 5.88 Å². The Kier molecular flexibility index (Phi) is 4.24. The Bertz CT molecular complexity index is 617. The Morgan fingerprint density at radius 1 is 1.16 bits per heavy atom. The maximum absolute atomic E-state index is 10.6. The molecule has 0 amide bonds. The lowest BCUT2D eigenvalue weighted by atomic mass is 10.2. The van der Waals surface area contributed by atoms with Crippen molar-refractivity contribution in [3.8, 4) is 11.5 Å². The molecule has 98 valence electrons. The first-order chi connectivity index (χ1) is 9.10. The van der Waals surface area contributed by atoms with E-state index in [1.807, 2.05) is 12.1 Å². The van der Waals surface area contributed by atoms with Crippen molar-refractivity contribution in [3.05, 3.63) is 63.2 Å². The van der Waals surface area contributed by atoms with Crippen LogP contribution in [0.1, 0.15) is 5.56 Å². The molecular weight excluding hydrogens is 289 g/mol. The van der Waals surface area contributed by atoms with Crippen LogP contribution < -0.4 is 4.74 Å². The van der Waals surface area contributed by atoms with E-state index >= 15 is 0 Å². The molecule has 0 unspecified atom stereocenters. The highest BCUT2D eigenvalue weighted by molar-refractivity contribution is 6.32. The molecule has 0 bridgehead atoms. The standard InChI is InChI=1S/C13H9Cl2NO3/c14-8-9-2-1-3-10(6-9)19-11-4-5-13(16(17)18)12(15)7-11/h1-7H,8H2. The molecule has 0 fully saturated rings. The van der Waals surface area contributed by atoms with Crippen LogP contribution in [0.4, 0.5) is 5.69 Å². The van der Waals surface area contributed by atoms with Crippen LogP contribution in [0.3, 0.4) is 0 Å². The Morgan fingerprint density at radius 3 is 2.53 bits per heavy atom. The van der Waals surface area contributed by atoms with Gasteiger partial charge in [-0.3, -0.25) is 10.1 Å². The Hall–Kier alpha value is -1.78. The lowest BCUT2D eigenvalue weighted by Gasteiger charge is -2.07. The summed E-state index contributed by atoms with van der Waals surface area (Å²) in [6.07, 6.45) is 0. The maximum atomic E-state index is 10.6.